The Morgan fingerprint density at radius 3 is 2.65 bits per heavy atom. The van der Waals surface area contributed by atoms with E-state index in [0.29, 0.717) is 29.7 Å². The number of aromatic nitrogens is 3. The fourth-order valence-electron chi connectivity index (χ4n) is 3.04. The SMILES string of the molecule is CC(C)COc1ccc(C(=O)Nc2c(C#N)cnn2-c2ccc3ccccc3n2)cc1. The van der Waals surface area contributed by atoms with Gasteiger partial charge in [0.25, 0.3) is 5.91 Å². The molecule has 0 saturated carbocycles. The van der Waals surface area contributed by atoms with E-state index >= 15 is 0 Å². The Balaban J connectivity index is 1.60. The van der Waals surface area contributed by atoms with Gasteiger partial charge in [-0.05, 0) is 48.4 Å². The van der Waals surface area contributed by atoms with Gasteiger partial charge in [0.2, 0.25) is 0 Å². The summed E-state index contributed by atoms with van der Waals surface area (Å²) in [6.45, 7) is 4.75. The van der Waals surface area contributed by atoms with Gasteiger partial charge in [0.05, 0.1) is 18.3 Å². The smallest absolute Gasteiger partial charge is 0.256 e. The molecule has 0 aliphatic carbocycles. The molecule has 2 aromatic carbocycles. The maximum atomic E-state index is 12.8. The predicted molar refractivity (Wildman–Crippen MR) is 118 cm³/mol. The average Bonchev–Trinajstić information content (AvgIpc) is 3.20. The Hall–Kier alpha value is -4.18. The molecule has 1 N–H and O–H groups in total. The fraction of sp³-hybridized carbons (Fsp3) is 0.167. The third-order valence-corrected chi connectivity index (χ3v) is 4.62. The van der Waals surface area contributed by atoms with Crippen molar-refractivity contribution in [2.45, 2.75) is 13.8 Å². The molecule has 0 aliphatic rings. The van der Waals surface area contributed by atoms with Gasteiger partial charge in [0.1, 0.15) is 17.4 Å². The van der Waals surface area contributed by atoms with E-state index in [9.17, 15) is 10.1 Å². The van der Waals surface area contributed by atoms with E-state index < -0.39 is 0 Å². The molecule has 4 rings (SSSR count). The lowest BCUT2D eigenvalue weighted by atomic mass is 10.2. The van der Waals surface area contributed by atoms with Crippen LogP contribution in [0.5, 0.6) is 5.75 Å². The molecular weight excluding hydrogens is 390 g/mol. The van der Waals surface area contributed by atoms with Crippen LogP contribution in [-0.4, -0.2) is 27.3 Å². The minimum atomic E-state index is -0.352. The number of fused-ring (bicyclic) bond motifs is 1. The number of anilines is 1. The minimum Gasteiger partial charge on any atom is -0.493 e. The van der Waals surface area contributed by atoms with Crippen molar-refractivity contribution in [3.8, 4) is 17.6 Å². The second kappa shape index (κ2) is 8.67. The zero-order valence-electron chi connectivity index (χ0n) is 17.2. The van der Waals surface area contributed by atoms with Crippen LogP contribution in [0.15, 0.2) is 66.9 Å². The van der Waals surface area contributed by atoms with Crippen LogP contribution in [-0.2, 0) is 0 Å². The van der Waals surface area contributed by atoms with Gasteiger partial charge in [0.15, 0.2) is 11.6 Å². The van der Waals surface area contributed by atoms with E-state index in [1.165, 1.54) is 10.9 Å². The first-order chi connectivity index (χ1) is 15.0. The molecule has 2 heterocycles. The molecule has 0 atom stereocenters. The van der Waals surface area contributed by atoms with Crippen molar-refractivity contribution < 1.29 is 9.53 Å². The van der Waals surface area contributed by atoms with Gasteiger partial charge >= 0.3 is 0 Å². The topological polar surface area (TPSA) is 92.8 Å². The summed E-state index contributed by atoms with van der Waals surface area (Å²) in [7, 11) is 0. The van der Waals surface area contributed by atoms with Crippen molar-refractivity contribution in [2.75, 3.05) is 11.9 Å². The van der Waals surface area contributed by atoms with Crippen LogP contribution in [0.25, 0.3) is 16.7 Å². The predicted octanol–water partition coefficient (Wildman–Crippen LogP) is 4.58. The van der Waals surface area contributed by atoms with Gasteiger partial charge in [-0.3, -0.25) is 4.79 Å². The number of carbonyl (C=O) groups excluding carboxylic acids is 1. The van der Waals surface area contributed by atoms with Crippen molar-refractivity contribution >= 4 is 22.6 Å². The number of pyridine rings is 1. The summed E-state index contributed by atoms with van der Waals surface area (Å²) >= 11 is 0. The van der Waals surface area contributed by atoms with Crippen molar-refractivity contribution in [1.29, 1.82) is 5.26 Å². The van der Waals surface area contributed by atoms with E-state index in [4.69, 9.17) is 4.74 Å². The maximum Gasteiger partial charge on any atom is 0.256 e. The van der Waals surface area contributed by atoms with Gasteiger partial charge in [-0.2, -0.15) is 15.0 Å². The Bertz CT molecular complexity index is 1270. The van der Waals surface area contributed by atoms with Crippen LogP contribution in [0.1, 0.15) is 29.8 Å². The molecule has 7 nitrogen and oxygen atoms in total. The van der Waals surface area contributed by atoms with Crippen LogP contribution in [0, 0.1) is 17.2 Å². The summed E-state index contributed by atoms with van der Waals surface area (Å²) in [5.74, 6) is 1.54. The van der Waals surface area contributed by atoms with E-state index in [0.717, 1.165) is 10.9 Å². The van der Waals surface area contributed by atoms with Gasteiger partial charge in [-0.1, -0.05) is 32.0 Å². The molecule has 0 saturated heterocycles. The summed E-state index contributed by atoms with van der Waals surface area (Å²) in [6, 6.07) is 20.4. The van der Waals surface area contributed by atoms with E-state index in [1.807, 2.05) is 30.3 Å². The Labute approximate surface area is 179 Å². The minimum absolute atomic E-state index is 0.250. The molecule has 0 radical (unpaired) electrons. The zero-order chi connectivity index (χ0) is 21.8. The number of rotatable bonds is 6. The Morgan fingerprint density at radius 1 is 1.13 bits per heavy atom. The van der Waals surface area contributed by atoms with Crippen LogP contribution in [0.4, 0.5) is 5.82 Å². The van der Waals surface area contributed by atoms with Crippen molar-refractivity contribution in [3.05, 3.63) is 78.0 Å². The monoisotopic (exact) mass is 411 g/mol. The largest absolute Gasteiger partial charge is 0.493 e. The third-order valence-electron chi connectivity index (χ3n) is 4.62. The standard InChI is InChI=1S/C24H21N5O2/c1-16(2)15-31-20-10-7-18(8-11-20)24(30)28-23-19(13-25)14-26-29(23)22-12-9-17-5-3-4-6-21(17)27-22/h3-12,14,16H,15H2,1-2H3,(H,28,30). The summed E-state index contributed by atoms with van der Waals surface area (Å²) < 4.78 is 7.12. The fourth-order valence-corrected chi connectivity index (χ4v) is 3.04. The number of hydrogen-bond donors (Lipinski definition) is 1. The number of para-hydroxylation sites is 1. The van der Waals surface area contributed by atoms with Gasteiger partial charge in [0, 0.05) is 10.9 Å². The van der Waals surface area contributed by atoms with E-state index in [2.05, 4.69) is 35.3 Å². The van der Waals surface area contributed by atoms with E-state index in [-0.39, 0.29) is 17.3 Å². The van der Waals surface area contributed by atoms with Crippen LogP contribution in [0.3, 0.4) is 0 Å². The van der Waals surface area contributed by atoms with Crippen LogP contribution >= 0.6 is 0 Å². The maximum absolute atomic E-state index is 12.8. The first-order valence-electron chi connectivity index (χ1n) is 9.93. The lowest BCUT2D eigenvalue weighted by Gasteiger charge is -2.11. The second-order valence-corrected chi connectivity index (χ2v) is 7.48. The molecule has 0 spiro atoms. The molecule has 0 aliphatic heterocycles. The highest BCUT2D eigenvalue weighted by Crippen LogP contribution is 2.22. The summed E-state index contributed by atoms with van der Waals surface area (Å²) in [5, 5.41) is 17.5. The number of nitrogens with zero attached hydrogens (tertiary/aromatic N) is 4. The number of carbonyl (C=O) groups is 1. The average molecular weight is 411 g/mol. The molecule has 2 aromatic heterocycles. The lowest BCUT2D eigenvalue weighted by molar-refractivity contribution is 0.102. The number of benzene rings is 2. The summed E-state index contributed by atoms with van der Waals surface area (Å²) in [5.41, 5.74) is 1.49. The van der Waals surface area contributed by atoms with E-state index in [1.54, 1.807) is 30.3 Å². The molecule has 7 heteroatoms. The number of amides is 1. The highest BCUT2D eigenvalue weighted by atomic mass is 16.5. The normalized spacial score (nSPS) is 10.8. The van der Waals surface area contributed by atoms with Crippen molar-refractivity contribution in [1.82, 2.24) is 14.8 Å². The zero-order valence-corrected chi connectivity index (χ0v) is 17.2. The van der Waals surface area contributed by atoms with Gasteiger partial charge in [-0.25, -0.2) is 4.98 Å². The Kier molecular flexibility index (Phi) is 5.63. The molecule has 0 fully saturated rings. The summed E-state index contributed by atoms with van der Waals surface area (Å²) in [6.07, 6.45) is 1.41. The highest BCUT2D eigenvalue weighted by Gasteiger charge is 2.17. The second-order valence-electron chi connectivity index (χ2n) is 7.48. The lowest BCUT2D eigenvalue weighted by Crippen LogP contribution is -2.16. The first kappa shape index (κ1) is 20.1. The van der Waals surface area contributed by atoms with Gasteiger partial charge < -0.3 is 10.1 Å². The number of nitriles is 1. The van der Waals surface area contributed by atoms with Gasteiger partial charge in [-0.15, -0.1) is 0 Å². The number of ether oxygens (including phenoxy) is 1. The van der Waals surface area contributed by atoms with Crippen LogP contribution in [0.2, 0.25) is 0 Å². The first-order valence-corrected chi connectivity index (χ1v) is 9.93. The molecule has 0 unspecified atom stereocenters. The van der Waals surface area contributed by atoms with Crippen LogP contribution < -0.4 is 10.1 Å². The summed E-state index contributed by atoms with van der Waals surface area (Å²) in [4.78, 5) is 17.4. The molecular formula is C24H21N5O2. The molecule has 1 amide bonds. The highest BCUT2D eigenvalue weighted by molar-refractivity contribution is 6.04. The number of nitrogens with one attached hydrogen (secondary N) is 1. The quantitative estimate of drug-likeness (QED) is 0.501. The van der Waals surface area contributed by atoms with Crippen molar-refractivity contribution in [3.63, 3.8) is 0 Å². The molecule has 4 aromatic rings. The third kappa shape index (κ3) is 4.38. The molecule has 31 heavy (non-hydrogen) atoms. The molecule has 0 bridgehead atoms. The number of hydrogen-bond acceptors (Lipinski definition) is 5. The van der Waals surface area contributed by atoms with Crippen molar-refractivity contribution in [2.24, 2.45) is 5.92 Å². The molecule has 154 valence electrons. The Morgan fingerprint density at radius 2 is 1.90 bits per heavy atom.